The van der Waals surface area contributed by atoms with Crippen LogP contribution in [-0.4, -0.2) is 150 Å². The molecule has 0 aromatic carbocycles. The van der Waals surface area contributed by atoms with Crippen molar-refractivity contribution in [2.45, 2.75) is 145 Å². The molecule has 14 nitrogen and oxygen atoms in total. The molecule has 3 aliphatic rings. The third-order valence-electron chi connectivity index (χ3n) is 9.28. The number of likely N-dealkylation sites (N-methyl/N-ethyl adjacent to an activating group) is 1. The van der Waals surface area contributed by atoms with E-state index in [1.807, 2.05) is 6.92 Å². The van der Waals surface area contributed by atoms with Gasteiger partial charge in [0.25, 0.3) is 0 Å². The van der Waals surface area contributed by atoms with E-state index in [4.69, 9.17) is 23.7 Å². The highest BCUT2D eigenvalue weighted by Crippen LogP contribution is 2.37. The highest BCUT2D eigenvalue weighted by molar-refractivity contribution is 5.85. The molecule has 0 aromatic rings. The van der Waals surface area contributed by atoms with Crippen molar-refractivity contribution in [2.75, 3.05) is 20.2 Å². The van der Waals surface area contributed by atoms with Crippen molar-refractivity contribution >= 4 is 11.7 Å². The van der Waals surface area contributed by atoms with E-state index in [9.17, 15) is 57.1 Å². The Morgan fingerprint density at radius 3 is 2.20 bits per heavy atom. The van der Waals surface area contributed by atoms with Crippen molar-refractivity contribution in [1.82, 2.24) is 10.6 Å². The lowest BCUT2D eigenvalue weighted by atomic mass is 9.82. The maximum Gasteiger partial charge on any atom is 0.471 e. The van der Waals surface area contributed by atoms with Gasteiger partial charge < -0.3 is 59.9 Å². The first-order valence-corrected chi connectivity index (χ1v) is 16.4. The number of hydrogen-bond acceptors (Lipinski definition) is 13. The molecule has 3 fully saturated rings. The summed E-state index contributed by atoms with van der Waals surface area (Å²) in [7, 11) is 1.39. The molecule has 2 aliphatic heterocycles. The number of amides is 1. The Morgan fingerprint density at radius 2 is 1.63 bits per heavy atom. The van der Waals surface area contributed by atoms with Crippen LogP contribution in [0.5, 0.6) is 0 Å². The molecule has 1 aliphatic carbocycles. The minimum Gasteiger partial charge on any atom is -0.394 e. The second kappa shape index (κ2) is 18.2. The van der Waals surface area contributed by atoms with Gasteiger partial charge in [0, 0.05) is 6.42 Å². The molecule has 0 bridgehead atoms. The Morgan fingerprint density at radius 1 is 0.959 bits per heavy atom. The van der Waals surface area contributed by atoms with Gasteiger partial charge in [-0.05, 0) is 38.6 Å². The lowest BCUT2D eigenvalue weighted by molar-refractivity contribution is -0.337. The number of rotatable bonds is 15. The fraction of sp³-hybridized carbons (Fsp3) is 0.933. The number of ether oxygens (including phenoxy) is 5. The molecule has 7 N–H and O–H groups in total. The summed E-state index contributed by atoms with van der Waals surface area (Å²) in [5.41, 5.74) is 0. The Kier molecular flexibility index (Phi) is 15.5. The number of carbonyl (C=O) groups excluding carboxylic acids is 2. The van der Waals surface area contributed by atoms with Gasteiger partial charge in [0.2, 0.25) is 6.43 Å². The first kappa shape index (κ1) is 41.8. The molecule has 19 heteroatoms. The summed E-state index contributed by atoms with van der Waals surface area (Å²) in [5.74, 6) is -4.75. The number of nitrogens with one attached hydrogen (secondary N) is 2. The van der Waals surface area contributed by atoms with Crippen LogP contribution in [0.25, 0.3) is 0 Å². The van der Waals surface area contributed by atoms with E-state index in [-0.39, 0.29) is 18.9 Å². The van der Waals surface area contributed by atoms with Crippen molar-refractivity contribution in [3.63, 3.8) is 0 Å². The minimum absolute atomic E-state index is 0.205. The Balaban J connectivity index is 2.01. The second-order valence-electron chi connectivity index (χ2n) is 12.9. The topological polar surface area (TPSA) is 205 Å². The monoisotopic (exact) mass is 724 g/mol. The molecule has 2 heterocycles. The first-order valence-electron chi connectivity index (χ1n) is 16.4. The van der Waals surface area contributed by atoms with Crippen LogP contribution in [0, 0.1) is 11.8 Å². The fourth-order valence-corrected chi connectivity index (χ4v) is 6.56. The maximum absolute atomic E-state index is 13.6. The number of hydrogen-bond donors (Lipinski definition) is 7. The van der Waals surface area contributed by atoms with Gasteiger partial charge in [-0.25, -0.2) is 8.78 Å². The van der Waals surface area contributed by atoms with Gasteiger partial charge in [-0.15, -0.1) is 0 Å². The number of aliphatic hydroxyl groups is 5. The third-order valence-corrected chi connectivity index (χ3v) is 9.28. The normalized spacial score (nSPS) is 38.6. The van der Waals surface area contributed by atoms with Crippen LogP contribution in [0.15, 0.2) is 0 Å². The zero-order chi connectivity index (χ0) is 36.8. The van der Waals surface area contributed by atoms with Crippen LogP contribution in [-0.2, 0) is 33.3 Å². The number of alkyl halides is 5. The molecule has 15 atom stereocenters. The smallest absolute Gasteiger partial charge is 0.394 e. The molecule has 1 amide bonds. The van der Waals surface area contributed by atoms with E-state index in [1.165, 1.54) is 20.9 Å². The SMILES string of the molecule is CCC1CCCC(OC2OC(CO)C(O)C(O[C@H](C(=O)CNC)C(C)CC(F)F)C2NC(=O)C(F)(F)F)C1OC1OC(C)C(O)C(O)C1O. The van der Waals surface area contributed by atoms with Gasteiger partial charge in [0.05, 0.1) is 31.5 Å². The Hall–Kier alpha value is -1.65. The summed E-state index contributed by atoms with van der Waals surface area (Å²) in [6, 6.07) is -2.01. The van der Waals surface area contributed by atoms with Gasteiger partial charge >= 0.3 is 12.1 Å². The van der Waals surface area contributed by atoms with Crippen LogP contribution in [0.4, 0.5) is 22.0 Å². The number of Topliss-reactive ketones (excluding diaryl/α,β-unsaturated/α-hetero) is 1. The second-order valence-corrected chi connectivity index (χ2v) is 12.9. The maximum atomic E-state index is 13.6. The van der Waals surface area contributed by atoms with Crippen LogP contribution >= 0.6 is 0 Å². The van der Waals surface area contributed by atoms with E-state index in [0.29, 0.717) is 19.3 Å². The van der Waals surface area contributed by atoms with Crippen molar-refractivity contribution in [2.24, 2.45) is 11.8 Å². The predicted octanol–water partition coefficient (Wildman–Crippen LogP) is -0.247. The average Bonchev–Trinajstić information content (AvgIpc) is 3.03. The molecule has 1 saturated carbocycles. The van der Waals surface area contributed by atoms with Crippen LogP contribution in [0.2, 0.25) is 0 Å². The highest BCUT2D eigenvalue weighted by Gasteiger charge is 2.53. The van der Waals surface area contributed by atoms with E-state index in [0.717, 1.165) is 0 Å². The molecule has 2 saturated heterocycles. The first-order chi connectivity index (χ1) is 22.9. The van der Waals surface area contributed by atoms with Crippen molar-refractivity contribution in [3.05, 3.63) is 0 Å². The van der Waals surface area contributed by atoms with E-state index in [1.54, 1.807) is 5.32 Å². The fourth-order valence-electron chi connectivity index (χ4n) is 6.56. The summed E-state index contributed by atoms with van der Waals surface area (Å²) >= 11 is 0. The van der Waals surface area contributed by atoms with Crippen molar-refractivity contribution in [1.29, 1.82) is 0 Å². The lowest BCUT2D eigenvalue weighted by Crippen LogP contribution is -2.68. The molecular formula is C30H49F5N2O12. The molecule has 14 unspecified atom stereocenters. The zero-order valence-electron chi connectivity index (χ0n) is 27.7. The number of ketones is 1. The summed E-state index contributed by atoms with van der Waals surface area (Å²) in [5, 5.41) is 56.5. The quantitative estimate of drug-likeness (QED) is 0.109. The van der Waals surface area contributed by atoms with Crippen molar-refractivity contribution in [3.8, 4) is 0 Å². The summed E-state index contributed by atoms with van der Waals surface area (Å²) in [4.78, 5) is 25.3. The summed E-state index contributed by atoms with van der Waals surface area (Å²) < 4.78 is 96.9. The molecule has 3 rings (SSSR count). The molecule has 286 valence electrons. The summed E-state index contributed by atoms with van der Waals surface area (Å²) in [6.45, 7) is 3.22. The van der Waals surface area contributed by atoms with E-state index in [2.05, 4.69) is 5.32 Å². The van der Waals surface area contributed by atoms with Crippen LogP contribution < -0.4 is 10.6 Å². The van der Waals surface area contributed by atoms with Gasteiger partial charge in [-0.2, -0.15) is 13.2 Å². The van der Waals surface area contributed by atoms with E-state index < -0.39 is 123 Å². The van der Waals surface area contributed by atoms with Gasteiger partial charge in [-0.1, -0.05) is 26.7 Å². The Labute approximate surface area is 280 Å². The largest absolute Gasteiger partial charge is 0.471 e. The van der Waals surface area contributed by atoms with Crippen LogP contribution in [0.3, 0.4) is 0 Å². The van der Waals surface area contributed by atoms with Gasteiger partial charge in [0.1, 0.15) is 48.8 Å². The minimum atomic E-state index is -5.45. The lowest BCUT2D eigenvalue weighted by Gasteiger charge is -2.48. The zero-order valence-corrected chi connectivity index (χ0v) is 27.7. The van der Waals surface area contributed by atoms with E-state index >= 15 is 0 Å². The predicted molar refractivity (Wildman–Crippen MR) is 157 cm³/mol. The molecular weight excluding hydrogens is 675 g/mol. The van der Waals surface area contributed by atoms with Crippen molar-refractivity contribution < 1.29 is 80.8 Å². The average molecular weight is 725 g/mol. The van der Waals surface area contributed by atoms with Crippen LogP contribution in [0.1, 0.15) is 52.9 Å². The van der Waals surface area contributed by atoms with Gasteiger partial charge in [-0.3, -0.25) is 9.59 Å². The standard InChI is InChI=1S/C30H49F5N2O12/c1-5-14-7-6-8-16(25(14)49-28-23(43)22(42)20(40)13(3)45-28)46-27-19(37-29(44)30(33,34)35)26(21(41)17(11-38)47-27)48-24(15(39)10-36-4)12(2)9-18(31)32/h12-14,16-28,36,38,40-43H,5-11H2,1-4H3,(H,37,44)/t12?,13?,14?,16?,17?,19?,20?,21?,22?,23?,24-,25?,26?,27?,28?/m0/s1. The third kappa shape index (κ3) is 10.5. The molecule has 0 radical (unpaired) electrons. The number of aliphatic hydroxyl groups excluding tert-OH is 5. The molecule has 49 heavy (non-hydrogen) atoms. The number of halogens is 5. The van der Waals surface area contributed by atoms with Gasteiger partial charge in [0.15, 0.2) is 18.4 Å². The summed E-state index contributed by atoms with van der Waals surface area (Å²) in [6.07, 6.45) is -25.6. The molecule has 0 spiro atoms. The number of carbonyl (C=O) groups is 2. The molecule has 0 aromatic heterocycles. The Bertz CT molecular complexity index is 1060. The highest BCUT2D eigenvalue weighted by atomic mass is 19.4.